The molecule has 5 aromatic rings. The largest absolute Gasteiger partial charge is 0.587 e. The quantitative estimate of drug-likeness (QED) is 0.251. The van der Waals surface area contributed by atoms with Gasteiger partial charge in [-0.25, -0.2) is 29.3 Å². The van der Waals surface area contributed by atoms with Crippen LogP contribution in [0.25, 0.3) is 28.5 Å². The minimum atomic E-state index is -1.92. The lowest BCUT2D eigenvalue weighted by atomic mass is 10.2. The number of benzene rings is 1. The van der Waals surface area contributed by atoms with E-state index in [4.69, 9.17) is 25.8 Å². The second-order valence-electron chi connectivity index (χ2n) is 7.77. The highest BCUT2D eigenvalue weighted by Gasteiger charge is 2.26. The number of ether oxygens (including phenoxy) is 3. The van der Waals surface area contributed by atoms with Crippen LogP contribution in [0.4, 0.5) is 10.2 Å². The molecule has 200 valence electrons. The van der Waals surface area contributed by atoms with Crippen LogP contribution >= 0.6 is 11.6 Å². The van der Waals surface area contributed by atoms with E-state index in [1.165, 1.54) is 20.3 Å². The molecular weight excluding hydrogens is 549 g/mol. The number of nitrogens with zero attached hydrogens (tertiary/aromatic N) is 6. The Morgan fingerprint density at radius 3 is 2.41 bits per heavy atom. The van der Waals surface area contributed by atoms with Crippen molar-refractivity contribution in [2.24, 2.45) is 0 Å². The second-order valence-corrected chi connectivity index (χ2v) is 9.29. The van der Waals surface area contributed by atoms with Crippen LogP contribution in [0.15, 0.2) is 59.8 Å². The molecule has 14 heteroatoms. The van der Waals surface area contributed by atoms with E-state index in [0.717, 1.165) is 12.3 Å². The van der Waals surface area contributed by atoms with Crippen LogP contribution < -0.4 is 18.9 Å². The first kappa shape index (κ1) is 26.4. The summed E-state index contributed by atoms with van der Waals surface area (Å²) < 4.78 is 47.4. The van der Waals surface area contributed by atoms with Gasteiger partial charge < -0.3 is 18.8 Å². The molecule has 0 aliphatic carbocycles. The molecule has 0 aliphatic heterocycles. The molecule has 0 radical (unpaired) electrons. The molecule has 0 bridgehead atoms. The molecule has 0 saturated carbocycles. The average Bonchev–Trinajstić information content (AvgIpc) is 3.31. The van der Waals surface area contributed by atoms with E-state index >= 15 is 0 Å². The highest BCUT2D eigenvalue weighted by Crippen LogP contribution is 2.38. The van der Waals surface area contributed by atoms with Crippen molar-refractivity contribution in [2.45, 2.75) is 11.9 Å². The molecule has 4 aromatic heterocycles. The number of rotatable bonds is 9. The van der Waals surface area contributed by atoms with Crippen LogP contribution in [0.2, 0.25) is 5.15 Å². The number of pyridine rings is 2. The maximum atomic E-state index is 13.3. The Morgan fingerprint density at radius 2 is 1.74 bits per heavy atom. The van der Waals surface area contributed by atoms with Crippen molar-refractivity contribution in [1.29, 1.82) is 0 Å². The van der Waals surface area contributed by atoms with Gasteiger partial charge in [0.05, 0.1) is 27.0 Å². The third-order valence-electron chi connectivity index (χ3n) is 5.40. The number of para-hydroxylation sites is 1. The first-order valence-corrected chi connectivity index (χ1v) is 13.0. The minimum absolute atomic E-state index is 0.00813. The third-order valence-corrected chi connectivity index (χ3v) is 6.67. The summed E-state index contributed by atoms with van der Waals surface area (Å²) in [6.07, 6.45) is 0.962. The van der Waals surface area contributed by atoms with Gasteiger partial charge in [-0.15, -0.1) is 0 Å². The summed E-state index contributed by atoms with van der Waals surface area (Å²) in [7, 11) is 3.05. The topological polar surface area (TPSA) is 132 Å². The monoisotopic (exact) mass is 569 g/mol. The molecule has 0 aliphatic rings. The van der Waals surface area contributed by atoms with Crippen molar-refractivity contribution in [2.75, 3.05) is 25.5 Å². The molecular formula is C25H21ClFN7O4S. The summed E-state index contributed by atoms with van der Waals surface area (Å²) in [5.74, 6) is 1.11. The molecule has 1 atom stereocenters. The summed E-state index contributed by atoms with van der Waals surface area (Å²) in [5, 5.41) is -0.0101. The van der Waals surface area contributed by atoms with Crippen molar-refractivity contribution in [1.82, 2.24) is 29.5 Å². The number of hydrogen-bond donors (Lipinski definition) is 1. The van der Waals surface area contributed by atoms with E-state index in [1.807, 2.05) is 6.92 Å². The molecule has 0 amide bonds. The minimum Gasteiger partial charge on any atom is -0.587 e. The lowest BCUT2D eigenvalue weighted by Crippen LogP contribution is -2.16. The van der Waals surface area contributed by atoms with Crippen LogP contribution in [0, 0.1) is 5.82 Å². The van der Waals surface area contributed by atoms with Gasteiger partial charge >= 0.3 is 0 Å². The van der Waals surface area contributed by atoms with E-state index in [0.29, 0.717) is 41.2 Å². The molecule has 1 unspecified atom stereocenters. The normalized spacial score (nSPS) is 11.8. The van der Waals surface area contributed by atoms with Crippen molar-refractivity contribution < 1.29 is 23.2 Å². The average molecular weight is 570 g/mol. The van der Waals surface area contributed by atoms with Gasteiger partial charge in [0, 0.05) is 12.1 Å². The number of imidazole rings is 1. The highest BCUT2D eigenvalue weighted by atomic mass is 35.5. The Kier molecular flexibility index (Phi) is 7.63. The Balaban J connectivity index is 1.73. The zero-order valence-corrected chi connectivity index (χ0v) is 22.5. The predicted molar refractivity (Wildman–Crippen MR) is 143 cm³/mol. The summed E-state index contributed by atoms with van der Waals surface area (Å²) >= 11 is 4.50. The molecule has 0 fully saturated rings. The third kappa shape index (κ3) is 5.24. The SMILES string of the molecule is CCOc1cccc(-c2nc3nc(Cl)c(N[S+]([O-])c4ccc(F)cn4)nc3n2-c2c(OC)cccc2OC)n1. The van der Waals surface area contributed by atoms with Crippen molar-refractivity contribution in [3.63, 3.8) is 0 Å². The molecule has 39 heavy (non-hydrogen) atoms. The van der Waals surface area contributed by atoms with Crippen LogP contribution in [-0.2, 0) is 11.4 Å². The van der Waals surface area contributed by atoms with Crippen LogP contribution in [0.3, 0.4) is 0 Å². The molecule has 1 aromatic carbocycles. The fourth-order valence-corrected chi connectivity index (χ4v) is 4.74. The summed E-state index contributed by atoms with van der Waals surface area (Å²) in [6, 6.07) is 13.0. The van der Waals surface area contributed by atoms with E-state index in [2.05, 4.69) is 29.6 Å². The molecule has 5 rings (SSSR count). The fourth-order valence-electron chi connectivity index (χ4n) is 3.75. The lowest BCUT2D eigenvalue weighted by molar-refractivity contribution is 0.327. The molecule has 1 N–H and O–H groups in total. The van der Waals surface area contributed by atoms with Gasteiger partial charge in [-0.2, -0.15) is 4.72 Å². The summed E-state index contributed by atoms with van der Waals surface area (Å²) in [4.78, 5) is 22.1. The number of hydrogen-bond acceptors (Lipinski definition) is 10. The maximum absolute atomic E-state index is 13.3. The molecule has 0 saturated heterocycles. The zero-order chi connectivity index (χ0) is 27.5. The second kappa shape index (κ2) is 11.3. The van der Waals surface area contributed by atoms with Crippen LogP contribution in [0.5, 0.6) is 17.4 Å². The van der Waals surface area contributed by atoms with Gasteiger partial charge in [0.1, 0.15) is 40.1 Å². The van der Waals surface area contributed by atoms with Gasteiger partial charge in [-0.1, -0.05) is 23.7 Å². The number of nitrogens with one attached hydrogen (secondary N) is 1. The van der Waals surface area contributed by atoms with Crippen molar-refractivity contribution >= 4 is 40.1 Å². The number of anilines is 1. The predicted octanol–water partition coefficient (Wildman–Crippen LogP) is 4.62. The van der Waals surface area contributed by atoms with E-state index in [-0.39, 0.29) is 27.3 Å². The number of halogens is 2. The van der Waals surface area contributed by atoms with E-state index < -0.39 is 17.2 Å². The summed E-state index contributed by atoms with van der Waals surface area (Å²) in [6.45, 7) is 2.29. The van der Waals surface area contributed by atoms with E-state index in [9.17, 15) is 8.94 Å². The smallest absolute Gasteiger partial charge is 0.271 e. The lowest BCUT2D eigenvalue weighted by Gasteiger charge is -2.16. The van der Waals surface area contributed by atoms with Crippen LogP contribution in [0.1, 0.15) is 6.92 Å². The number of fused-ring (bicyclic) bond motifs is 1. The Morgan fingerprint density at radius 1 is 1.00 bits per heavy atom. The highest BCUT2D eigenvalue weighted by molar-refractivity contribution is 7.92. The summed E-state index contributed by atoms with van der Waals surface area (Å²) in [5.41, 5.74) is 1.36. The van der Waals surface area contributed by atoms with Crippen molar-refractivity contribution in [3.05, 3.63) is 65.7 Å². The van der Waals surface area contributed by atoms with Gasteiger partial charge in [-0.05, 0) is 31.2 Å². The van der Waals surface area contributed by atoms with Gasteiger partial charge in [0.25, 0.3) is 5.03 Å². The Labute approximate surface area is 230 Å². The van der Waals surface area contributed by atoms with Gasteiger partial charge in [-0.3, -0.25) is 4.57 Å². The molecule has 4 heterocycles. The van der Waals surface area contributed by atoms with E-state index in [1.54, 1.807) is 41.0 Å². The Hall–Kier alpha value is -4.20. The maximum Gasteiger partial charge on any atom is 0.271 e. The number of aromatic nitrogens is 6. The van der Waals surface area contributed by atoms with Crippen molar-refractivity contribution in [3.8, 4) is 34.6 Å². The first-order chi connectivity index (χ1) is 18.9. The molecule has 0 spiro atoms. The zero-order valence-electron chi connectivity index (χ0n) is 20.9. The molecule has 11 nitrogen and oxygen atoms in total. The van der Waals surface area contributed by atoms with Gasteiger partial charge in [0.2, 0.25) is 11.7 Å². The Bertz CT molecular complexity index is 1620. The fraction of sp³-hybridized carbons (Fsp3) is 0.160. The first-order valence-electron chi connectivity index (χ1n) is 11.5. The standard InChI is InChI=1S/C25H21ClFN7O4S/c1-4-38-18-10-5-7-15(29-18)24-32-23-25(34(24)20-16(36-2)8-6-9-17(20)37-3)31-22(21(26)30-23)33-39(35)19-12-11-14(27)13-28-19/h5-13H,4H2,1-3H3,(H,31,33). The van der Waals surface area contributed by atoms with Crippen LogP contribution in [-0.4, -0.2) is 54.9 Å². The number of methoxy groups -OCH3 is 2. The van der Waals surface area contributed by atoms with Gasteiger partial charge in [0.15, 0.2) is 22.3 Å².